The van der Waals surface area contributed by atoms with Crippen LogP contribution in [-0.4, -0.2) is 96.7 Å². The highest BCUT2D eigenvalue weighted by Crippen LogP contribution is 2.19. The number of unbranched alkanes of at least 4 members (excludes halogenated alkanes) is 2. The Morgan fingerprint density at radius 2 is 1.64 bits per heavy atom. The number of hydrogen-bond donors (Lipinski definition) is 3. The Bertz CT molecular complexity index is 722. The molecular formula is C20H34N8O5. The molecule has 0 bridgehead atoms. The summed E-state index contributed by atoms with van der Waals surface area (Å²) in [5, 5.41) is 10.1. The number of carbonyl (C=O) groups is 2. The molecule has 13 nitrogen and oxygen atoms in total. The molecule has 2 saturated heterocycles. The van der Waals surface area contributed by atoms with Crippen LogP contribution in [0.5, 0.6) is 0 Å². The predicted molar refractivity (Wildman–Crippen MR) is 120 cm³/mol. The van der Waals surface area contributed by atoms with E-state index in [-0.39, 0.29) is 18.4 Å². The maximum atomic E-state index is 12.8. The van der Waals surface area contributed by atoms with Gasteiger partial charge < -0.3 is 19.3 Å². The molecule has 0 aromatic carbocycles. The van der Waals surface area contributed by atoms with Crippen LogP contribution < -0.4 is 20.7 Å². The standard InChI is InChI=1S/C20H34N8O5/c1-2-3-4-5-16(14-28(31)15-29)17(30)24-25-18-21-19(26-6-10-32-11-7-26)23-20(22-18)27-8-12-33-13-9-27/h15-16,31H,2-14H2,1H3,(H,24,30)(H,21,22,23,25)/t16-/m1/s1. The summed E-state index contributed by atoms with van der Waals surface area (Å²) in [4.78, 5) is 41.2. The molecule has 0 radical (unpaired) electrons. The number of carbonyl (C=O) groups excluding carboxylic acids is 2. The molecule has 0 aliphatic carbocycles. The molecule has 2 fully saturated rings. The molecule has 2 aliphatic heterocycles. The number of hydroxylamine groups is 2. The first-order valence-corrected chi connectivity index (χ1v) is 11.5. The number of hydrazine groups is 1. The quantitative estimate of drug-likeness (QED) is 0.166. The van der Waals surface area contributed by atoms with E-state index in [0.29, 0.717) is 82.4 Å². The summed E-state index contributed by atoms with van der Waals surface area (Å²) in [6.45, 7) is 6.99. The molecule has 0 saturated carbocycles. The van der Waals surface area contributed by atoms with Gasteiger partial charge in [0.25, 0.3) is 0 Å². The van der Waals surface area contributed by atoms with Gasteiger partial charge in [-0.1, -0.05) is 26.2 Å². The highest BCUT2D eigenvalue weighted by atomic mass is 16.5. The summed E-state index contributed by atoms with van der Waals surface area (Å²) in [5.41, 5.74) is 5.43. The molecule has 33 heavy (non-hydrogen) atoms. The van der Waals surface area contributed by atoms with E-state index in [1.165, 1.54) is 0 Å². The van der Waals surface area contributed by atoms with Crippen molar-refractivity contribution in [3.05, 3.63) is 0 Å². The van der Waals surface area contributed by atoms with Crippen molar-refractivity contribution in [2.75, 3.05) is 74.4 Å². The summed E-state index contributed by atoms with van der Waals surface area (Å²) in [6.07, 6.45) is 3.62. The average Bonchev–Trinajstić information content (AvgIpc) is 2.87. The highest BCUT2D eigenvalue weighted by molar-refractivity contribution is 5.80. The van der Waals surface area contributed by atoms with Crippen molar-refractivity contribution < 1.29 is 24.3 Å². The van der Waals surface area contributed by atoms with E-state index >= 15 is 0 Å². The van der Waals surface area contributed by atoms with E-state index in [1.54, 1.807) is 0 Å². The molecule has 3 N–H and O–H groups in total. The van der Waals surface area contributed by atoms with Crippen LogP contribution in [0.1, 0.15) is 32.6 Å². The summed E-state index contributed by atoms with van der Waals surface area (Å²) >= 11 is 0. The van der Waals surface area contributed by atoms with E-state index in [2.05, 4.69) is 32.7 Å². The van der Waals surface area contributed by atoms with Crippen LogP contribution in [0.25, 0.3) is 0 Å². The zero-order chi connectivity index (χ0) is 23.5. The van der Waals surface area contributed by atoms with E-state index < -0.39 is 5.92 Å². The Labute approximate surface area is 193 Å². The fourth-order valence-electron chi connectivity index (χ4n) is 3.65. The van der Waals surface area contributed by atoms with Gasteiger partial charge in [0.15, 0.2) is 0 Å². The Morgan fingerprint density at radius 1 is 1.06 bits per heavy atom. The molecule has 1 aromatic rings. The lowest BCUT2D eigenvalue weighted by Crippen LogP contribution is -2.42. The van der Waals surface area contributed by atoms with Gasteiger partial charge in [0, 0.05) is 26.2 Å². The van der Waals surface area contributed by atoms with Crippen LogP contribution in [0.4, 0.5) is 17.8 Å². The Morgan fingerprint density at radius 3 is 2.15 bits per heavy atom. The number of rotatable bonds is 12. The van der Waals surface area contributed by atoms with Gasteiger partial charge in [-0.2, -0.15) is 15.0 Å². The van der Waals surface area contributed by atoms with Crippen molar-refractivity contribution in [1.82, 2.24) is 25.4 Å². The minimum atomic E-state index is -0.571. The number of morpholine rings is 2. The first-order chi connectivity index (χ1) is 16.1. The minimum absolute atomic E-state index is 0.0873. The van der Waals surface area contributed by atoms with Crippen molar-refractivity contribution >= 4 is 30.2 Å². The third-order valence-corrected chi connectivity index (χ3v) is 5.55. The molecule has 3 heterocycles. The monoisotopic (exact) mass is 466 g/mol. The van der Waals surface area contributed by atoms with Crippen molar-refractivity contribution in [3.8, 4) is 0 Å². The van der Waals surface area contributed by atoms with E-state index in [4.69, 9.17) is 9.47 Å². The van der Waals surface area contributed by atoms with Crippen LogP contribution in [0.15, 0.2) is 0 Å². The molecule has 1 atom stereocenters. The van der Waals surface area contributed by atoms with Gasteiger partial charge in [0.2, 0.25) is 30.2 Å². The number of ether oxygens (including phenoxy) is 2. The lowest BCUT2D eigenvalue weighted by atomic mass is 10.0. The maximum absolute atomic E-state index is 12.8. The summed E-state index contributed by atoms with van der Waals surface area (Å²) < 4.78 is 10.8. The molecule has 1 aromatic heterocycles. The molecule has 3 rings (SSSR count). The van der Waals surface area contributed by atoms with Crippen LogP contribution in [-0.2, 0) is 19.1 Å². The molecule has 2 amide bonds. The van der Waals surface area contributed by atoms with Crippen molar-refractivity contribution in [2.24, 2.45) is 5.92 Å². The van der Waals surface area contributed by atoms with Gasteiger partial charge in [0.1, 0.15) is 0 Å². The van der Waals surface area contributed by atoms with Crippen molar-refractivity contribution in [2.45, 2.75) is 32.6 Å². The largest absolute Gasteiger partial charge is 0.378 e. The summed E-state index contributed by atoms with van der Waals surface area (Å²) in [5.74, 6) is 0.304. The number of hydrogen-bond acceptors (Lipinski definition) is 11. The highest BCUT2D eigenvalue weighted by Gasteiger charge is 2.23. The topological polar surface area (TPSA) is 145 Å². The molecular weight excluding hydrogens is 432 g/mol. The second kappa shape index (κ2) is 13.1. The van der Waals surface area contributed by atoms with E-state index in [9.17, 15) is 14.8 Å². The molecule has 0 spiro atoms. The van der Waals surface area contributed by atoms with Crippen LogP contribution in [0.3, 0.4) is 0 Å². The first kappa shape index (κ1) is 24.9. The van der Waals surface area contributed by atoms with Gasteiger partial charge in [-0.05, 0) is 6.42 Å². The molecule has 184 valence electrons. The van der Waals surface area contributed by atoms with E-state index in [0.717, 1.165) is 19.3 Å². The SMILES string of the molecule is CCCCC[C@H](CN(O)C=O)C(=O)NNc1nc(N2CCOCC2)nc(N2CCOCC2)n1. The van der Waals surface area contributed by atoms with Crippen molar-refractivity contribution in [1.29, 1.82) is 0 Å². The Hall–Kier alpha value is -2.77. The van der Waals surface area contributed by atoms with Crippen molar-refractivity contribution in [3.63, 3.8) is 0 Å². The third kappa shape index (κ3) is 7.65. The number of nitrogens with zero attached hydrogens (tertiary/aromatic N) is 6. The number of amides is 2. The maximum Gasteiger partial charge on any atom is 0.248 e. The van der Waals surface area contributed by atoms with E-state index in [1.807, 2.05) is 9.80 Å². The van der Waals surface area contributed by atoms with Crippen LogP contribution in [0.2, 0.25) is 0 Å². The second-order valence-corrected chi connectivity index (χ2v) is 7.99. The third-order valence-electron chi connectivity index (χ3n) is 5.55. The summed E-state index contributed by atoms with van der Waals surface area (Å²) in [7, 11) is 0. The van der Waals surface area contributed by atoms with Gasteiger partial charge in [0.05, 0.1) is 38.9 Å². The van der Waals surface area contributed by atoms with Crippen LogP contribution >= 0.6 is 0 Å². The minimum Gasteiger partial charge on any atom is -0.378 e. The van der Waals surface area contributed by atoms with Gasteiger partial charge >= 0.3 is 0 Å². The lowest BCUT2D eigenvalue weighted by Gasteiger charge is -2.30. The average molecular weight is 467 g/mol. The second-order valence-electron chi connectivity index (χ2n) is 7.99. The Balaban J connectivity index is 1.71. The smallest absolute Gasteiger partial charge is 0.248 e. The number of aromatic nitrogens is 3. The first-order valence-electron chi connectivity index (χ1n) is 11.5. The fourth-order valence-corrected chi connectivity index (χ4v) is 3.65. The zero-order valence-corrected chi connectivity index (χ0v) is 19.1. The molecule has 13 heteroatoms. The lowest BCUT2D eigenvalue weighted by molar-refractivity contribution is -0.154. The molecule has 0 unspecified atom stereocenters. The number of nitrogens with one attached hydrogen (secondary N) is 2. The normalized spacial score (nSPS) is 17.4. The number of anilines is 3. The predicted octanol–water partition coefficient (Wildman–Crippen LogP) is 0.0320. The van der Waals surface area contributed by atoms with Gasteiger partial charge in [-0.15, -0.1) is 0 Å². The Kier molecular flexibility index (Phi) is 9.84. The van der Waals surface area contributed by atoms with Crippen LogP contribution in [0, 0.1) is 5.92 Å². The van der Waals surface area contributed by atoms with Gasteiger partial charge in [-0.3, -0.25) is 25.6 Å². The van der Waals surface area contributed by atoms with Gasteiger partial charge in [-0.25, -0.2) is 5.06 Å². The zero-order valence-electron chi connectivity index (χ0n) is 19.1. The molecule has 2 aliphatic rings. The summed E-state index contributed by atoms with van der Waals surface area (Å²) in [6, 6.07) is 0. The fraction of sp³-hybridized carbons (Fsp3) is 0.750.